The zero-order valence-corrected chi connectivity index (χ0v) is 27.2. The molecule has 3 fully saturated rings. The lowest BCUT2D eigenvalue weighted by molar-refractivity contribution is -0.176. The smallest absolute Gasteiger partial charge is 0.253 e. The van der Waals surface area contributed by atoms with Gasteiger partial charge in [-0.15, -0.1) is 0 Å². The molecule has 6 rings (SSSR count). The SMILES string of the molecule is NS(=O)(=O)C[C@@H]1O[C@H](c2cccc(Cl)c2)[C@@H](c2ccc(Cl)cc2)N([C@H](CN(c2ccccc2F)S(=O)(=O)C2CC2)C2CC2)C1=O. The summed E-state index contributed by atoms with van der Waals surface area (Å²) in [5.41, 5.74) is 1.09. The quantitative estimate of drug-likeness (QED) is 0.294. The maximum Gasteiger partial charge on any atom is 0.253 e. The Hall–Kier alpha value is -2.74. The summed E-state index contributed by atoms with van der Waals surface area (Å²) in [6.45, 7) is -0.232. The molecule has 2 aliphatic carbocycles. The number of ether oxygens (including phenoxy) is 1. The van der Waals surface area contributed by atoms with E-state index in [1.807, 2.05) is 0 Å². The van der Waals surface area contributed by atoms with Crippen molar-refractivity contribution in [3.63, 3.8) is 0 Å². The molecule has 4 atom stereocenters. The molecule has 2 N–H and O–H groups in total. The Kier molecular flexibility index (Phi) is 8.92. The summed E-state index contributed by atoms with van der Waals surface area (Å²) in [6, 6.07) is 17.7. The Morgan fingerprint density at radius 1 is 0.911 bits per heavy atom. The van der Waals surface area contributed by atoms with Crippen molar-refractivity contribution in [2.75, 3.05) is 16.6 Å². The van der Waals surface area contributed by atoms with Gasteiger partial charge in [0, 0.05) is 10.0 Å². The number of hydrogen-bond donors (Lipinski definition) is 1. The highest BCUT2D eigenvalue weighted by molar-refractivity contribution is 7.93. The van der Waals surface area contributed by atoms with E-state index >= 15 is 4.39 Å². The highest BCUT2D eigenvalue weighted by atomic mass is 35.5. The number of nitrogens with two attached hydrogens (primary N) is 1. The van der Waals surface area contributed by atoms with E-state index in [4.69, 9.17) is 33.1 Å². The average molecular weight is 697 g/mol. The van der Waals surface area contributed by atoms with Gasteiger partial charge in [-0.3, -0.25) is 9.10 Å². The standard InChI is InChI=1S/C31H32Cl2FN3O6S2/c32-22-12-10-20(11-13-22)29-30(21-4-3-5-23(33)16-21)43-28(18-44(35,39)40)31(38)37(29)27(19-8-9-19)17-36(45(41,42)24-14-15-24)26-7-2-1-6-25(26)34/h1-7,10-13,16,19,24,27-30H,8-9,14-15,17-18H2,(H2,35,39,40)/t27-,28+,29-,30-/m1/s1. The summed E-state index contributed by atoms with van der Waals surface area (Å²) in [5, 5.41) is 5.62. The lowest BCUT2D eigenvalue weighted by Gasteiger charge is -2.49. The van der Waals surface area contributed by atoms with Crippen molar-refractivity contribution in [1.29, 1.82) is 0 Å². The average Bonchev–Trinajstić information content (AvgIpc) is 3.89. The molecule has 0 unspecified atom stereocenters. The number of nitrogens with zero attached hydrogens (tertiary/aromatic N) is 2. The molecule has 0 aromatic heterocycles. The largest absolute Gasteiger partial charge is 0.357 e. The van der Waals surface area contributed by atoms with Crippen molar-refractivity contribution >= 4 is 54.8 Å². The summed E-state index contributed by atoms with van der Waals surface area (Å²) in [7, 11) is -8.17. The zero-order valence-electron chi connectivity index (χ0n) is 24.0. The monoisotopic (exact) mass is 695 g/mol. The predicted molar refractivity (Wildman–Crippen MR) is 170 cm³/mol. The molecule has 240 valence electrons. The van der Waals surface area contributed by atoms with Crippen molar-refractivity contribution in [3.05, 3.63) is 99.8 Å². The van der Waals surface area contributed by atoms with Crippen LogP contribution in [0.1, 0.15) is 49.0 Å². The molecule has 1 amide bonds. The topological polar surface area (TPSA) is 127 Å². The van der Waals surface area contributed by atoms with Gasteiger partial charge in [0.25, 0.3) is 5.91 Å². The third-order valence-corrected chi connectivity index (χ3v) is 12.0. The molecule has 3 aliphatic rings. The number of carbonyl (C=O) groups is 1. The van der Waals surface area contributed by atoms with Crippen LogP contribution in [0.2, 0.25) is 10.0 Å². The van der Waals surface area contributed by atoms with Gasteiger partial charge >= 0.3 is 0 Å². The molecule has 1 saturated heterocycles. The van der Waals surface area contributed by atoms with Crippen LogP contribution >= 0.6 is 23.2 Å². The zero-order chi connectivity index (χ0) is 32.1. The molecule has 3 aromatic carbocycles. The first-order valence-corrected chi connectivity index (χ1v) is 18.6. The second-order valence-corrected chi connectivity index (χ2v) is 16.5. The molecule has 9 nitrogen and oxygen atoms in total. The van der Waals surface area contributed by atoms with Crippen LogP contribution in [0.25, 0.3) is 0 Å². The number of sulfonamides is 2. The summed E-state index contributed by atoms with van der Waals surface area (Å²) < 4.78 is 75.0. The fourth-order valence-corrected chi connectivity index (χ4v) is 8.89. The number of hydrogen-bond acceptors (Lipinski definition) is 6. The molecular formula is C31H32Cl2FN3O6S2. The fraction of sp³-hybridized carbons (Fsp3) is 0.387. The van der Waals surface area contributed by atoms with E-state index in [1.54, 1.807) is 59.5 Å². The number of morpholine rings is 1. The van der Waals surface area contributed by atoms with Gasteiger partial charge < -0.3 is 9.64 Å². The first-order valence-electron chi connectivity index (χ1n) is 14.6. The second-order valence-electron chi connectivity index (χ2n) is 11.8. The minimum absolute atomic E-state index is 0.105. The number of para-hydroxylation sites is 1. The molecule has 1 aliphatic heterocycles. The van der Waals surface area contributed by atoms with Crippen LogP contribution in [0, 0.1) is 11.7 Å². The number of primary sulfonamides is 1. The summed E-state index contributed by atoms with van der Waals surface area (Å²) >= 11 is 12.6. The highest BCUT2D eigenvalue weighted by Gasteiger charge is 2.52. The fourth-order valence-electron chi connectivity index (χ4n) is 6.04. The van der Waals surface area contributed by atoms with E-state index in [-0.39, 0.29) is 18.2 Å². The second kappa shape index (κ2) is 12.5. The molecule has 3 aromatic rings. The number of carbonyl (C=O) groups excluding carboxylic acids is 1. The number of halogens is 3. The van der Waals surface area contributed by atoms with Gasteiger partial charge in [0.2, 0.25) is 20.0 Å². The van der Waals surface area contributed by atoms with Crippen LogP contribution in [0.5, 0.6) is 0 Å². The van der Waals surface area contributed by atoms with E-state index in [9.17, 15) is 21.6 Å². The number of anilines is 1. The number of benzene rings is 3. The van der Waals surface area contributed by atoms with Crippen molar-refractivity contribution < 1.29 is 30.8 Å². The molecule has 45 heavy (non-hydrogen) atoms. The minimum atomic E-state index is -4.18. The van der Waals surface area contributed by atoms with Crippen LogP contribution in [-0.4, -0.2) is 57.3 Å². The minimum Gasteiger partial charge on any atom is -0.357 e. The molecule has 0 spiro atoms. The van der Waals surface area contributed by atoms with Crippen LogP contribution in [0.15, 0.2) is 72.8 Å². The van der Waals surface area contributed by atoms with Gasteiger partial charge in [-0.1, -0.05) is 59.6 Å². The van der Waals surface area contributed by atoms with Crippen molar-refractivity contribution in [3.8, 4) is 0 Å². The van der Waals surface area contributed by atoms with E-state index in [2.05, 4.69) is 0 Å². The maximum absolute atomic E-state index is 15.3. The Labute approximate surface area is 272 Å². The van der Waals surface area contributed by atoms with E-state index in [0.29, 0.717) is 46.9 Å². The van der Waals surface area contributed by atoms with E-state index < -0.39 is 67.1 Å². The Morgan fingerprint density at radius 2 is 1.60 bits per heavy atom. The predicted octanol–water partition coefficient (Wildman–Crippen LogP) is 5.21. The van der Waals surface area contributed by atoms with Gasteiger partial charge in [-0.2, -0.15) is 0 Å². The summed E-state index contributed by atoms with van der Waals surface area (Å²) in [4.78, 5) is 16.0. The molecule has 2 saturated carbocycles. The van der Waals surface area contributed by atoms with E-state index in [0.717, 1.165) is 4.31 Å². The maximum atomic E-state index is 15.3. The van der Waals surface area contributed by atoms with Gasteiger partial charge in [0.15, 0.2) is 6.10 Å². The number of amides is 1. The Bertz CT molecular complexity index is 1800. The van der Waals surface area contributed by atoms with Gasteiger partial charge in [-0.05, 0) is 79.1 Å². The summed E-state index contributed by atoms with van der Waals surface area (Å²) in [5.74, 6) is -2.29. The third kappa shape index (κ3) is 7.01. The van der Waals surface area contributed by atoms with Crippen molar-refractivity contribution in [2.45, 2.75) is 55.2 Å². The Morgan fingerprint density at radius 3 is 2.20 bits per heavy atom. The molecular weight excluding hydrogens is 664 g/mol. The highest BCUT2D eigenvalue weighted by Crippen LogP contribution is 2.48. The van der Waals surface area contributed by atoms with Crippen molar-refractivity contribution in [2.24, 2.45) is 11.1 Å². The van der Waals surface area contributed by atoms with E-state index in [1.165, 1.54) is 18.2 Å². The number of rotatable bonds is 11. The van der Waals surface area contributed by atoms with Gasteiger partial charge in [0.1, 0.15) is 11.9 Å². The van der Waals surface area contributed by atoms with Crippen LogP contribution in [-0.2, 0) is 29.6 Å². The summed E-state index contributed by atoms with van der Waals surface area (Å²) in [6.07, 6.45) is -0.109. The lowest BCUT2D eigenvalue weighted by atomic mass is 9.89. The molecule has 14 heteroatoms. The molecule has 0 radical (unpaired) electrons. The first-order chi connectivity index (χ1) is 21.3. The van der Waals surface area contributed by atoms with Crippen LogP contribution in [0.3, 0.4) is 0 Å². The van der Waals surface area contributed by atoms with Gasteiger partial charge in [0.05, 0.1) is 35.3 Å². The van der Waals surface area contributed by atoms with Gasteiger partial charge in [-0.25, -0.2) is 26.4 Å². The molecule has 0 bridgehead atoms. The first kappa shape index (κ1) is 32.2. The van der Waals surface area contributed by atoms with Crippen LogP contribution in [0.4, 0.5) is 10.1 Å². The molecule has 1 heterocycles. The normalized spacial score (nSPS) is 23.2. The third-order valence-electron chi connectivity index (χ3n) is 8.45. The van der Waals surface area contributed by atoms with Crippen LogP contribution < -0.4 is 9.44 Å². The lowest BCUT2D eigenvalue weighted by Crippen LogP contribution is -2.60. The van der Waals surface area contributed by atoms with Crippen molar-refractivity contribution in [1.82, 2.24) is 4.90 Å². The Balaban J connectivity index is 1.52.